The summed E-state index contributed by atoms with van der Waals surface area (Å²) < 4.78 is 21.8. The zero-order valence-electron chi connectivity index (χ0n) is 8.97. The van der Waals surface area contributed by atoms with E-state index < -0.39 is 9.84 Å². The highest BCUT2D eigenvalue weighted by Gasteiger charge is 2.07. The molecular formula is C10H16O2S3. The second kappa shape index (κ2) is 5.92. The lowest BCUT2D eigenvalue weighted by molar-refractivity contribution is 0.600. The van der Waals surface area contributed by atoms with E-state index in [1.165, 1.54) is 11.1 Å². The average molecular weight is 264 g/mol. The molecule has 0 spiro atoms. The lowest BCUT2D eigenvalue weighted by atomic mass is 10.4. The van der Waals surface area contributed by atoms with Gasteiger partial charge < -0.3 is 0 Å². The molecular weight excluding hydrogens is 248 g/mol. The van der Waals surface area contributed by atoms with Crippen molar-refractivity contribution in [1.29, 1.82) is 0 Å². The average Bonchev–Trinajstić information content (AvgIpc) is 2.63. The second-order valence-corrected chi connectivity index (χ2v) is 8.20. The predicted octanol–water partition coefficient (Wildman–Crippen LogP) is 2.98. The first-order valence-electron chi connectivity index (χ1n) is 4.82. The van der Waals surface area contributed by atoms with Gasteiger partial charge in [0.2, 0.25) is 0 Å². The van der Waals surface area contributed by atoms with Gasteiger partial charge in [0, 0.05) is 16.4 Å². The van der Waals surface area contributed by atoms with Crippen LogP contribution in [0.1, 0.15) is 23.5 Å². The maximum Gasteiger partial charge on any atom is 0.147 e. The molecule has 1 heterocycles. The third-order valence-electron chi connectivity index (χ3n) is 1.97. The maximum absolute atomic E-state index is 10.9. The fraction of sp³-hybridized carbons (Fsp3) is 0.600. The van der Waals surface area contributed by atoms with Crippen molar-refractivity contribution >= 4 is 32.9 Å². The Kier molecular flexibility index (Phi) is 5.15. The molecule has 15 heavy (non-hydrogen) atoms. The quantitative estimate of drug-likeness (QED) is 0.741. The van der Waals surface area contributed by atoms with Gasteiger partial charge in [-0.1, -0.05) is 6.07 Å². The van der Waals surface area contributed by atoms with Gasteiger partial charge in [0.1, 0.15) is 9.84 Å². The zero-order valence-corrected chi connectivity index (χ0v) is 11.4. The van der Waals surface area contributed by atoms with Crippen molar-refractivity contribution in [3.8, 4) is 0 Å². The van der Waals surface area contributed by atoms with E-state index in [4.69, 9.17) is 0 Å². The van der Waals surface area contributed by atoms with Crippen molar-refractivity contribution in [3.63, 3.8) is 0 Å². The summed E-state index contributed by atoms with van der Waals surface area (Å²) in [5.41, 5.74) is 0. The van der Waals surface area contributed by atoms with Gasteiger partial charge in [0.15, 0.2) is 0 Å². The Labute approximate surface area is 100 Å². The van der Waals surface area contributed by atoms with E-state index >= 15 is 0 Å². The number of thiophene rings is 1. The molecule has 0 N–H and O–H groups in total. The molecule has 0 aliphatic carbocycles. The summed E-state index contributed by atoms with van der Waals surface area (Å²) in [5.74, 6) is 1.21. The normalized spacial score (nSPS) is 14.0. The molecule has 0 aliphatic heterocycles. The topological polar surface area (TPSA) is 34.1 Å². The second-order valence-electron chi connectivity index (χ2n) is 3.51. The van der Waals surface area contributed by atoms with E-state index in [0.717, 1.165) is 12.2 Å². The van der Waals surface area contributed by atoms with Gasteiger partial charge in [-0.2, -0.15) is 11.8 Å². The van der Waals surface area contributed by atoms with E-state index in [1.54, 1.807) is 11.3 Å². The molecule has 86 valence electrons. The summed E-state index contributed by atoms with van der Waals surface area (Å²) in [7, 11) is -2.79. The van der Waals surface area contributed by atoms with Crippen molar-refractivity contribution in [1.82, 2.24) is 0 Å². The molecule has 0 fully saturated rings. The van der Waals surface area contributed by atoms with E-state index in [-0.39, 0.29) is 0 Å². The summed E-state index contributed by atoms with van der Waals surface area (Å²) in [4.78, 5) is 1.36. The largest absolute Gasteiger partial charge is 0.229 e. The molecule has 0 amide bonds. The molecule has 1 atom stereocenters. The third kappa shape index (κ3) is 5.58. The van der Waals surface area contributed by atoms with E-state index in [1.807, 2.05) is 17.8 Å². The first-order valence-corrected chi connectivity index (χ1v) is 8.80. The van der Waals surface area contributed by atoms with Crippen molar-refractivity contribution in [2.24, 2.45) is 0 Å². The van der Waals surface area contributed by atoms with Crippen LogP contribution in [-0.2, 0) is 9.84 Å². The first kappa shape index (κ1) is 13.1. The van der Waals surface area contributed by atoms with Gasteiger partial charge in [0.25, 0.3) is 0 Å². The number of hydrogen-bond donors (Lipinski definition) is 0. The Morgan fingerprint density at radius 2 is 2.27 bits per heavy atom. The Hall–Kier alpha value is -0.0000000000000000833. The standard InChI is InChI=1S/C10H16O2S3/c1-9(10-5-3-6-14-10)13-7-4-8-15(2,11)12/h3,5-6,9H,4,7-8H2,1-2H3. The Morgan fingerprint density at radius 1 is 1.53 bits per heavy atom. The molecule has 0 aliphatic rings. The fourth-order valence-corrected chi connectivity index (χ4v) is 3.98. The van der Waals surface area contributed by atoms with Crippen LogP contribution in [0.2, 0.25) is 0 Å². The molecule has 0 radical (unpaired) electrons. The SMILES string of the molecule is CC(SCCCS(C)(=O)=O)c1cccs1. The van der Waals surface area contributed by atoms with Gasteiger partial charge >= 0.3 is 0 Å². The molecule has 0 aromatic carbocycles. The molecule has 0 saturated heterocycles. The Morgan fingerprint density at radius 3 is 2.80 bits per heavy atom. The van der Waals surface area contributed by atoms with Crippen LogP contribution in [0.4, 0.5) is 0 Å². The van der Waals surface area contributed by atoms with Crippen LogP contribution >= 0.6 is 23.1 Å². The number of thioether (sulfide) groups is 1. The van der Waals surface area contributed by atoms with Gasteiger partial charge in [0.05, 0.1) is 5.75 Å². The molecule has 2 nitrogen and oxygen atoms in total. The molecule has 1 rings (SSSR count). The van der Waals surface area contributed by atoms with Crippen molar-refractivity contribution in [2.75, 3.05) is 17.8 Å². The summed E-state index contributed by atoms with van der Waals surface area (Å²) in [5, 5.41) is 2.55. The minimum Gasteiger partial charge on any atom is -0.229 e. The summed E-state index contributed by atoms with van der Waals surface area (Å²) in [6, 6.07) is 4.17. The smallest absolute Gasteiger partial charge is 0.147 e. The van der Waals surface area contributed by atoms with Crippen molar-refractivity contribution in [2.45, 2.75) is 18.6 Å². The Bertz CT molecular complexity index is 367. The number of hydrogen-bond acceptors (Lipinski definition) is 4. The lowest BCUT2D eigenvalue weighted by Gasteiger charge is -2.08. The van der Waals surface area contributed by atoms with Gasteiger partial charge in [-0.3, -0.25) is 0 Å². The number of rotatable bonds is 6. The summed E-state index contributed by atoms with van der Waals surface area (Å²) in [6.07, 6.45) is 2.04. The molecule has 0 saturated carbocycles. The van der Waals surface area contributed by atoms with E-state index in [2.05, 4.69) is 18.4 Å². The highest BCUT2D eigenvalue weighted by atomic mass is 32.2. The van der Waals surface area contributed by atoms with Gasteiger partial charge in [-0.15, -0.1) is 11.3 Å². The van der Waals surface area contributed by atoms with Crippen LogP contribution in [0.15, 0.2) is 17.5 Å². The minimum atomic E-state index is -2.79. The molecule has 0 bridgehead atoms. The van der Waals surface area contributed by atoms with Gasteiger partial charge in [-0.25, -0.2) is 8.42 Å². The lowest BCUT2D eigenvalue weighted by Crippen LogP contribution is -2.03. The van der Waals surface area contributed by atoms with Crippen molar-refractivity contribution in [3.05, 3.63) is 22.4 Å². The van der Waals surface area contributed by atoms with E-state index in [9.17, 15) is 8.42 Å². The highest BCUT2D eigenvalue weighted by Crippen LogP contribution is 2.31. The van der Waals surface area contributed by atoms with Crippen LogP contribution in [0.5, 0.6) is 0 Å². The first-order chi connectivity index (χ1) is 6.99. The molecule has 1 unspecified atom stereocenters. The van der Waals surface area contributed by atoms with Crippen LogP contribution < -0.4 is 0 Å². The van der Waals surface area contributed by atoms with Gasteiger partial charge in [-0.05, 0) is 30.5 Å². The Balaban J connectivity index is 2.21. The monoisotopic (exact) mass is 264 g/mol. The highest BCUT2D eigenvalue weighted by molar-refractivity contribution is 7.99. The molecule has 5 heteroatoms. The molecule has 1 aromatic rings. The third-order valence-corrected chi connectivity index (χ3v) is 5.48. The van der Waals surface area contributed by atoms with Crippen LogP contribution in [0.25, 0.3) is 0 Å². The zero-order chi connectivity index (χ0) is 11.3. The fourth-order valence-electron chi connectivity index (χ4n) is 1.19. The maximum atomic E-state index is 10.9. The summed E-state index contributed by atoms with van der Waals surface area (Å²) in [6.45, 7) is 2.16. The minimum absolute atomic E-state index is 0.303. The van der Waals surface area contributed by atoms with Crippen LogP contribution in [0.3, 0.4) is 0 Å². The predicted molar refractivity (Wildman–Crippen MR) is 69.5 cm³/mol. The summed E-state index contributed by atoms with van der Waals surface area (Å²) >= 11 is 3.58. The van der Waals surface area contributed by atoms with E-state index in [0.29, 0.717) is 11.0 Å². The number of sulfone groups is 1. The van der Waals surface area contributed by atoms with Crippen molar-refractivity contribution < 1.29 is 8.42 Å². The van der Waals surface area contributed by atoms with Crippen LogP contribution in [-0.4, -0.2) is 26.2 Å². The van der Waals surface area contributed by atoms with Crippen LogP contribution in [0, 0.1) is 0 Å². The molecule has 1 aromatic heterocycles.